The SMILES string of the molecule is O=C[C@H](CC(=O)O)NC(=O)C1CC(O)CN1C(=O)COc1cccc2ccccc12. The highest BCUT2D eigenvalue weighted by molar-refractivity contribution is 5.92. The van der Waals surface area contributed by atoms with Crippen molar-refractivity contribution in [1.82, 2.24) is 10.2 Å². The number of hydrogen-bond acceptors (Lipinski definition) is 6. The molecular weight excluding hydrogens is 392 g/mol. The van der Waals surface area contributed by atoms with Crippen LogP contribution in [0.4, 0.5) is 0 Å². The van der Waals surface area contributed by atoms with Gasteiger partial charge in [0.05, 0.1) is 18.6 Å². The van der Waals surface area contributed by atoms with E-state index in [0.717, 1.165) is 10.8 Å². The Balaban J connectivity index is 1.66. The number of carboxylic acid groups (broad SMARTS) is 1. The molecule has 2 aromatic rings. The van der Waals surface area contributed by atoms with Crippen LogP contribution in [0.5, 0.6) is 5.75 Å². The molecule has 3 rings (SSSR count). The quantitative estimate of drug-likeness (QED) is 0.531. The Morgan fingerprint density at radius 2 is 1.93 bits per heavy atom. The smallest absolute Gasteiger partial charge is 0.305 e. The standard InChI is InChI=1S/C21H22N2O7/c24-11-14(8-20(27)28)22-21(29)17-9-15(25)10-23(17)19(26)12-30-18-7-3-5-13-4-1-2-6-16(13)18/h1-7,11,14-15,17,25H,8-10,12H2,(H,22,29)(H,27,28)/t14-,15?,17?/m0/s1. The van der Waals surface area contributed by atoms with Gasteiger partial charge in [-0.25, -0.2) is 0 Å². The van der Waals surface area contributed by atoms with Gasteiger partial charge in [0.2, 0.25) is 5.91 Å². The number of ether oxygens (including phenoxy) is 1. The molecular formula is C21H22N2O7. The molecule has 158 valence electrons. The van der Waals surface area contributed by atoms with E-state index in [2.05, 4.69) is 5.32 Å². The van der Waals surface area contributed by atoms with Crippen molar-refractivity contribution >= 4 is 34.8 Å². The van der Waals surface area contributed by atoms with Crippen LogP contribution in [0.25, 0.3) is 10.8 Å². The maximum Gasteiger partial charge on any atom is 0.305 e. The molecule has 9 heteroatoms. The minimum atomic E-state index is -1.24. The molecule has 0 radical (unpaired) electrons. The minimum absolute atomic E-state index is 0.00943. The van der Waals surface area contributed by atoms with E-state index in [1.54, 1.807) is 12.1 Å². The van der Waals surface area contributed by atoms with Crippen LogP contribution >= 0.6 is 0 Å². The fourth-order valence-corrected chi connectivity index (χ4v) is 3.48. The number of likely N-dealkylation sites (tertiary alicyclic amines) is 1. The summed E-state index contributed by atoms with van der Waals surface area (Å²) in [6.45, 7) is -0.392. The molecule has 1 aliphatic heterocycles. The average Bonchev–Trinajstić information content (AvgIpc) is 3.13. The highest BCUT2D eigenvalue weighted by Gasteiger charge is 2.39. The number of carbonyl (C=O) groups is 4. The van der Waals surface area contributed by atoms with Crippen LogP contribution in [-0.4, -0.2) is 70.5 Å². The molecule has 1 heterocycles. The highest BCUT2D eigenvalue weighted by Crippen LogP contribution is 2.25. The number of nitrogens with one attached hydrogen (secondary N) is 1. The molecule has 9 nitrogen and oxygen atoms in total. The summed E-state index contributed by atoms with van der Waals surface area (Å²) in [5.74, 6) is -1.91. The molecule has 3 N–H and O–H groups in total. The average molecular weight is 414 g/mol. The number of hydrogen-bond donors (Lipinski definition) is 3. The van der Waals surface area contributed by atoms with E-state index < -0.39 is 42.4 Å². The van der Waals surface area contributed by atoms with Gasteiger partial charge in [0.1, 0.15) is 18.1 Å². The van der Waals surface area contributed by atoms with E-state index in [1.165, 1.54) is 4.90 Å². The summed E-state index contributed by atoms with van der Waals surface area (Å²) < 4.78 is 5.67. The van der Waals surface area contributed by atoms with Gasteiger partial charge in [-0.15, -0.1) is 0 Å². The maximum atomic E-state index is 12.7. The summed E-state index contributed by atoms with van der Waals surface area (Å²) in [6.07, 6.45) is -1.16. The largest absolute Gasteiger partial charge is 0.483 e. The lowest BCUT2D eigenvalue weighted by Crippen LogP contribution is -2.50. The molecule has 0 saturated carbocycles. The van der Waals surface area contributed by atoms with Crippen molar-refractivity contribution < 1.29 is 34.1 Å². The van der Waals surface area contributed by atoms with E-state index >= 15 is 0 Å². The fraction of sp³-hybridized carbons (Fsp3) is 0.333. The number of β-amino-alcohol motifs (C(OH)–C–C–N with tert-alkyl or cyclic N) is 1. The Morgan fingerprint density at radius 3 is 2.67 bits per heavy atom. The number of nitrogens with zero attached hydrogens (tertiary/aromatic N) is 1. The van der Waals surface area contributed by atoms with Crippen molar-refractivity contribution in [3.63, 3.8) is 0 Å². The number of carboxylic acids is 1. The van der Waals surface area contributed by atoms with E-state index in [0.29, 0.717) is 12.0 Å². The van der Waals surface area contributed by atoms with Crippen molar-refractivity contribution in [2.24, 2.45) is 0 Å². The second kappa shape index (κ2) is 9.36. The molecule has 2 amide bonds. The minimum Gasteiger partial charge on any atom is -0.483 e. The Labute approximate surface area is 172 Å². The van der Waals surface area contributed by atoms with Crippen LogP contribution in [0.2, 0.25) is 0 Å². The molecule has 0 aliphatic carbocycles. The monoisotopic (exact) mass is 414 g/mol. The van der Waals surface area contributed by atoms with E-state index in [1.807, 2.05) is 30.3 Å². The van der Waals surface area contributed by atoms with Gasteiger partial charge in [-0.2, -0.15) is 0 Å². The topological polar surface area (TPSA) is 133 Å². The van der Waals surface area contributed by atoms with Crippen LogP contribution in [0.3, 0.4) is 0 Å². The van der Waals surface area contributed by atoms with Gasteiger partial charge in [-0.05, 0) is 11.5 Å². The zero-order valence-electron chi connectivity index (χ0n) is 16.1. The van der Waals surface area contributed by atoms with Crippen LogP contribution in [0, 0.1) is 0 Å². The predicted octanol–water partition coefficient (Wildman–Crippen LogP) is 0.339. The van der Waals surface area contributed by atoms with Crippen LogP contribution < -0.4 is 10.1 Å². The second-order valence-corrected chi connectivity index (χ2v) is 7.07. The van der Waals surface area contributed by atoms with Gasteiger partial charge in [0.25, 0.3) is 5.91 Å². The molecule has 2 unspecified atom stereocenters. The fourth-order valence-electron chi connectivity index (χ4n) is 3.48. The number of carbonyl (C=O) groups excluding carboxylic acids is 3. The number of aldehydes is 1. The third-order valence-corrected chi connectivity index (χ3v) is 4.89. The Bertz CT molecular complexity index is 956. The third kappa shape index (κ3) is 4.93. The van der Waals surface area contributed by atoms with Gasteiger partial charge in [-0.3, -0.25) is 14.4 Å². The second-order valence-electron chi connectivity index (χ2n) is 7.07. The van der Waals surface area contributed by atoms with Gasteiger partial charge in [0, 0.05) is 18.4 Å². The van der Waals surface area contributed by atoms with Crippen LogP contribution in [-0.2, 0) is 19.2 Å². The number of aliphatic hydroxyl groups is 1. The summed E-state index contributed by atoms with van der Waals surface area (Å²) in [7, 11) is 0. The lowest BCUT2D eigenvalue weighted by atomic mass is 10.1. The van der Waals surface area contributed by atoms with Crippen molar-refractivity contribution in [2.75, 3.05) is 13.2 Å². The molecule has 1 saturated heterocycles. The lowest BCUT2D eigenvalue weighted by Gasteiger charge is -2.24. The van der Waals surface area contributed by atoms with Crippen molar-refractivity contribution in [3.05, 3.63) is 42.5 Å². The first-order valence-corrected chi connectivity index (χ1v) is 9.44. The van der Waals surface area contributed by atoms with Gasteiger partial charge in [0.15, 0.2) is 6.61 Å². The molecule has 1 aliphatic rings. The van der Waals surface area contributed by atoms with Gasteiger partial charge < -0.3 is 30.0 Å². The predicted molar refractivity (Wildman–Crippen MR) is 106 cm³/mol. The number of rotatable bonds is 8. The maximum absolute atomic E-state index is 12.7. The summed E-state index contributed by atoms with van der Waals surface area (Å²) >= 11 is 0. The molecule has 3 atom stereocenters. The Hall–Kier alpha value is -3.46. The summed E-state index contributed by atoms with van der Waals surface area (Å²) in [5, 5.41) is 22.9. The normalized spacial score (nSPS) is 19.3. The zero-order valence-corrected chi connectivity index (χ0v) is 16.1. The zero-order chi connectivity index (χ0) is 21.7. The number of aliphatic carboxylic acids is 1. The van der Waals surface area contributed by atoms with E-state index in [-0.39, 0.29) is 19.6 Å². The number of amides is 2. The van der Waals surface area contributed by atoms with Crippen molar-refractivity contribution in [3.8, 4) is 5.75 Å². The summed E-state index contributed by atoms with van der Waals surface area (Å²) in [4.78, 5) is 48.2. The van der Waals surface area contributed by atoms with Crippen LogP contribution in [0.1, 0.15) is 12.8 Å². The molecule has 2 aromatic carbocycles. The molecule has 0 aromatic heterocycles. The highest BCUT2D eigenvalue weighted by atomic mass is 16.5. The summed E-state index contributed by atoms with van der Waals surface area (Å²) in [5.41, 5.74) is 0. The molecule has 0 bridgehead atoms. The van der Waals surface area contributed by atoms with Gasteiger partial charge in [-0.1, -0.05) is 36.4 Å². The first-order chi connectivity index (χ1) is 14.4. The molecule has 0 spiro atoms. The number of benzene rings is 2. The molecule has 30 heavy (non-hydrogen) atoms. The van der Waals surface area contributed by atoms with Gasteiger partial charge >= 0.3 is 5.97 Å². The number of aliphatic hydroxyl groups excluding tert-OH is 1. The van der Waals surface area contributed by atoms with Crippen LogP contribution in [0.15, 0.2) is 42.5 Å². The number of fused-ring (bicyclic) bond motifs is 1. The first-order valence-electron chi connectivity index (χ1n) is 9.44. The third-order valence-electron chi connectivity index (χ3n) is 4.89. The van der Waals surface area contributed by atoms with E-state index in [4.69, 9.17) is 9.84 Å². The Kier molecular flexibility index (Phi) is 6.63. The lowest BCUT2D eigenvalue weighted by molar-refractivity contribution is -0.142. The summed E-state index contributed by atoms with van der Waals surface area (Å²) in [6, 6.07) is 10.8. The van der Waals surface area contributed by atoms with Crippen molar-refractivity contribution in [2.45, 2.75) is 31.0 Å². The Morgan fingerprint density at radius 1 is 1.20 bits per heavy atom. The van der Waals surface area contributed by atoms with E-state index in [9.17, 15) is 24.3 Å². The van der Waals surface area contributed by atoms with Crippen molar-refractivity contribution in [1.29, 1.82) is 0 Å². The first kappa shape index (κ1) is 21.3. The molecule has 1 fully saturated rings.